The van der Waals surface area contributed by atoms with Crippen LogP contribution in [-0.2, 0) is 22.3 Å². The van der Waals surface area contributed by atoms with Gasteiger partial charge in [-0.2, -0.15) is 0 Å². The van der Waals surface area contributed by atoms with Gasteiger partial charge in [0.2, 0.25) is 0 Å². The zero-order chi connectivity index (χ0) is 12.8. The summed E-state index contributed by atoms with van der Waals surface area (Å²) in [4.78, 5) is 24.6. The first-order valence-electron chi connectivity index (χ1n) is 5.27. The van der Waals surface area contributed by atoms with E-state index in [0.29, 0.717) is 23.7 Å². The van der Waals surface area contributed by atoms with E-state index in [4.69, 9.17) is 4.74 Å². The van der Waals surface area contributed by atoms with Crippen LogP contribution in [0.1, 0.15) is 12.5 Å². The van der Waals surface area contributed by atoms with Crippen LogP contribution >= 0.6 is 0 Å². The molecular weight excluding hydrogens is 244 g/mol. The molecule has 1 aromatic heterocycles. The lowest BCUT2D eigenvalue weighted by Gasteiger charge is -2.06. The third-order valence-electron chi connectivity index (χ3n) is 2.20. The van der Waals surface area contributed by atoms with Crippen molar-refractivity contribution in [1.82, 2.24) is 9.55 Å². The Morgan fingerprint density at radius 1 is 1.47 bits per heavy atom. The van der Waals surface area contributed by atoms with Crippen LogP contribution in [0.25, 0.3) is 0 Å². The monoisotopic (exact) mass is 260 g/mol. The lowest BCUT2D eigenvalue weighted by molar-refractivity contribution is 0.0858. The summed E-state index contributed by atoms with van der Waals surface area (Å²) in [7, 11) is -0.868. The zero-order valence-corrected chi connectivity index (χ0v) is 10.7. The molecular formula is C10H16N2O4S. The average molecular weight is 260 g/mol. The van der Waals surface area contributed by atoms with Crippen molar-refractivity contribution in [2.24, 2.45) is 0 Å². The van der Waals surface area contributed by atoms with Crippen molar-refractivity contribution in [3.05, 3.63) is 32.6 Å². The van der Waals surface area contributed by atoms with E-state index in [0.717, 1.165) is 0 Å². The third-order valence-corrected chi connectivity index (χ3v) is 3.46. The summed E-state index contributed by atoms with van der Waals surface area (Å²) in [6.45, 7) is 3.83. The molecule has 1 rings (SSSR count). The standard InChI is InChI=1S/C10H16N2O4S/c1-3-17(15)5-4-16-7-12-6-8(2)9(13)11-10(12)14/h6H,3-5,7H2,1-2H3,(H,11,13,14). The molecule has 1 unspecified atom stereocenters. The fourth-order valence-electron chi connectivity index (χ4n) is 1.17. The van der Waals surface area contributed by atoms with Crippen LogP contribution in [0.15, 0.2) is 15.8 Å². The highest BCUT2D eigenvalue weighted by Crippen LogP contribution is 1.88. The Labute approximate surface area is 101 Å². The molecule has 6 nitrogen and oxygen atoms in total. The molecule has 1 aromatic rings. The summed E-state index contributed by atoms with van der Waals surface area (Å²) >= 11 is 0. The minimum Gasteiger partial charge on any atom is -0.360 e. The van der Waals surface area contributed by atoms with Gasteiger partial charge in [-0.15, -0.1) is 0 Å². The molecule has 0 aliphatic rings. The van der Waals surface area contributed by atoms with Gasteiger partial charge in [0.15, 0.2) is 0 Å². The van der Waals surface area contributed by atoms with Gasteiger partial charge in [0.05, 0.1) is 6.61 Å². The molecule has 0 bridgehead atoms. The molecule has 0 fully saturated rings. The van der Waals surface area contributed by atoms with Crippen LogP contribution in [0.3, 0.4) is 0 Å². The molecule has 1 N–H and O–H groups in total. The maximum Gasteiger partial charge on any atom is 0.330 e. The van der Waals surface area contributed by atoms with Crippen LogP contribution in [-0.4, -0.2) is 31.9 Å². The van der Waals surface area contributed by atoms with Gasteiger partial charge in [0.1, 0.15) is 6.73 Å². The second-order valence-electron chi connectivity index (χ2n) is 3.51. The molecule has 0 amide bonds. The molecule has 7 heteroatoms. The topological polar surface area (TPSA) is 81.2 Å². The quantitative estimate of drug-likeness (QED) is 0.705. The van der Waals surface area contributed by atoms with Crippen LogP contribution in [0.5, 0.6) is 0 Å². The van der Waals surface area contributed by atoms with E-state index >= 15 is 0 Å². The number of aromatic nitrogens is 2. The molecule has 96 valence electrons. The van der Waals surface area contributed by atoms with E-state index in [-0.39, 0.29) is 6.73 Å². The Hall–Kier alpha value is -1.21. The maximum atomic E-state index is 11.3. The molecule has 17 heavy (non-hydrogen) atoms. The van der Waals surface area contributed by atoms with Crippen molar-refractivity contribution >= 4 is 10.8 Å². The van der Waals surface area contributed by atoms with Crippen molar-refractivity contribution in [2.75, 3.05) is 18.1 Å². The maximum absolute atomic E-state index is 11.3. The Bertz CT molecular complexity index is 506. The highest BCUT2D eigenvalue weighted by Gasteiger charge is 2.01. The van der Waals surface area contributed by atoms with Gasteiger partial charge in [-0.1, -0.05) is 6.92 Å². The van der Waals surface area contributed by atoms with Gasteiger partial charge in [-0.05, 0) is 6.92 Å². The van der Waals surface area contributed by atoms with Crippen LogP contribution in [0.4, 0.5) is 0 Å². The molecule has 1 heterocycles. The second-order valence-corrected chi connectivity index (χ2v) is 5.38. The Morgan fingerprint density at radius 3 is 2.82 bits per heavy atom. The fraction of sp³-hybridized carbons (Fsp3) is 0.600. The number of H-pyrrole nitrogens is 1. The normalized spacial score (nSPS) is 12.6. The second kappa shape index (κ2) is 6.51. The van der Waals surface area contributed by atoms with E-state index in [2.05, 4.69) is 4.98 Å². The number of nitrogens with zero attached hydrogens (tertiary/aromatic N) is 1. The van der Waals surface area contributed by atoms with Gasteiger partial charge in [-0.25, -0.2) is 4.79 Å². The van der Waals surface area contributed by atoms with E-state index in [9.17, 15) is 13.8 Å². The number of ether oxygens (including phenoxy) is 1. The molecule has 0 aliphatic carbocycles. The van der Waals surface area contributed by atoms with Crippen molar-refractivity contribution in [2.45, 2.75) is 20.6 Å². The van der Waals surface area contributed by atoms with E-state index in [1.165, 1.54) is 10.8 Å². The molecule has 1 atom stereocenters. The van der Waals surface area contributed by atoms with Crippen molar-refractivity contribution in [3.63, 3.8) is 0 Å². The molecule has 0 aromatic carbocycles. The molecule has 0 saturated carbocycles. The molecule has 0 radical (unpaired) electrons. The van der Waals surface area contributed by atoms with Gasteiger partial charge in [0.25, 0.3) is 5.56 Å². The Kier molecular flexibility index (Phi) is 5.30. The van der Waals surface area contributed by atoms with Crippen molar-refractivity contribution in [3.8, 4) is 0 Å². The number of rotatable bonds is 6. The minimum atomic E-state index is -0.868. The number of hydrogen-bond acceptors (Lipinski definition) is 4. The summed E-state index contributed by atoms with van der Waals surface area (Å²) < 4.78 is 17.6. The van der Waals surface area contributed by atoms with Gasteiger partial charge in [0, 0.05) is 34.1 Å². The van der Waals surface area contributed by atoms with Gasteiger partial charge in [-0.3, -0.25) is 18.6 Å². The first-order chi connectivity index (χ1) is 8.04. The number of aromatic amines is 1. The molecule has 0 spiro atoms. The predicted molar refractivity (Wildman–Crippen MR) is 65.6 cm³/mol. The van der Waals surface area contributed by atoms with Gasteiger partial charge < -0.3 is 4.74 Å². The molecule has 0 aliphatic heterocycles. The lowest BCUT2D eigenvalue weighted by Crippen LogP contribution is -2.31. The minimum absolute atomic E-state index is 0.0529. The fourth-order valence-corrected chi connectivity index (χ4v) is 1.77. The average Bonchev–Trinajstić information content (AvgIpc) is 2.30. The molecule has 0 saturated heterocycles. The smallest absolute Gasteiger partial charge is 0.330 e. The summed E-state index contributed by atoms with van der Waals surface area (Å²) in [6, 6.07) is 0. The summed E-state index contributed by atoms with van der Waals surface area (Å²) in [5.74, 6) is 1.05. The number of nitrogens with one attached hydrogen (secondary N) is 1. The van der Waals surface area contributed by atoms with Gasteiger partial charge >= 0.3 is 5.69 Å². The highest BCUT2D eigenvalue weighted by atomic mass is 32.2. The summed E-state index contributed by atoms with van der Waals surface area (Å²) in [5.41, 5.74) is -0.444. The van der Waals surface area contributed by atoms with Crippen LogP contribution < -0.4 is 11.2 Å². The largest absolute Gasteiger partial charge is 0.360 e. The van der Waals surface area contributed by atoms with Crippen LogP contribution in [0, 0.1) is 6.92 Å². The first-order valence-corrected chi connectivity index (χ1v) is 6.76. The van der Waals surface area contributed by atoms with Crippen LogP contribution in [0.2, 0.25) is 0 Å². The first kappa shape index (κ1) is 13.9. The van der Waals surface area contributed by atoms with E-state index in [1.54, 1.807) is 6.92 Å². The zero-order valence-electron chi connectivity index (χ0n) is 9.89. The lowest BCUT2D eigenvalue weighted by atomic mass is 10.4. The predicted octanol–water partition coefficient (Wildman–Crippen LogP) is -0.412. The van der Waals surface area contributed by atoms with Crippen molar-refractivity contribution in [1.29, 1.82) is 0 Å². The van der Waals surface area contributed by atoms with E-state index < -0.39 is 22.0 Å². The summed E-state index contributed by atoms with van der Waals surface area (Å²) in [5, 5.41) is 0. The van der Waals surface area contributed by atoms with Crippen molar-refractivity contribution < 1.29 is 8.95 Å². The summed E-state index contributed by atoms with van der Waals surface area (Å²) in [6.07, 6.45) is 1.44. The Balaban J connectivity index is 2.53. The number of hydrogen-bond donors (Lipinski definition) is 1. The Morgan fingerprint density at radius 2 is 2.18 bits per heavy atom. The SMILES string of the molecule is CCS(=O)CCOCn1cc(C)c(=O)[nH]c1=O. The highest BCUT2D eigenvalue weighted by molar-refractivity contribution is 7.84. The third kappa shape index (κ3) is 4.27. The van der Waals surface area contributed by atoms with E-state index in [1.807, 2.05) is 6.92 Å². The number of aryl methyl sites for hydroxylation is 1.